The van der Waals surface area contributed by atoms with E-state index in [0.29, 0.717) is 5.76 Å². The van der Waals surface area contributed by atoms with Gasteiger partial charge in [0, 0.05) is 5.02 Å². The van der Waals surface area contributed by atoms with Gasteiger partial charge in [0.1, 0.15) is 10.7 Å². The number of sulfonamides is 1. The van der Waals surface area contributed by atoms with Crippen molar-refractivity contribution in [3.63, 3.8) is 0 Å². The number of carbonyl (C=O) groups is 2. The molecule has 0 saturated carbocycles. The molecule has 1 aromatic heterocycles. The molecule has 2 N–H and O–H groups in total. The van der Waals surface area contributed by atoms with Crippen LogP contribution in [0, 0.1) is 0 Å². The average molecular weight is 518 g/mol. The first-order valence-corrected chi connectivity index (χ1v) is 11.5. The van der Waals surface area contributed by atoms with E-state index >= 15 is 0 Å². The first kappa shape index (κ1) is 23.9. The molecule has 0 unspecified atom stereocenters. The predicted molar refractivity (Wildman–Crippen MR) is 120 cm³/mol. The van der Waals surface area contributed by atoms with Crippen molar-refractivity contribution in [3.8, 4) is 0 Å². The monoisotopic (exact) mass is 516 g/mol. The van der Waals surface area contributed by atoms with Gasteiger partial charge in [-0.1, -0.05) is 34.8 Å². The second-order valence-corrected chi connectivity index (χ2v) is 9.21. The van der Waals surface area contributed by atoms with E-state index in [1.54, 1.807) is 12.1 Å². The third kappa shape index (κ3) is 6.17. The fraction of sp³-hybridized carbons (Fsp3) is 0.100. The minimum Gasteiger partial charge on any atom is -0.467 e. The van der Waals surface area contributed by atoms with Gasteiger partial charge >= 0.3 is 5.97 Å². The highest BCUT2D eigenvalue weighted by atomic mass is 35.5. The number of anilines is 1. The summed E-state index contributed by atoms with van der Waals surface area (Å²) >= 11 is 17.9. The number of benzene rings is 2. The van der Waals surface area contributed by atoms with Gasteiger partial charge in [0.2, 0.25) is 0 Å². The quantitative estimate of drug-likeness (QED) is 0.425. The van der Waals surface area contributed by atoms with Crippen LogP contribution in [0.4, 0.5) is 5.69 Å². The molecule has 3 rings (SSSR count). The number of carbonyl (C=O) groups excluding carboxylic acids is 2. The van der Waals surface area contributed by atoms with E-state index in [1.807, 2.05) is 0 Å². The molecule has 8 nitrogen and oxygen atoms in total. The summed E-state index contributed by atoms with van der Waals surface area (Å²) in [6.45, 7) is -0.439. The molecule has 1 heterocycles. The molecule has 2 aromatic carbocycles. The van der Waals surface area contributed by atoms with Crippen LogP contribution in [0.1, 0.15) is 16.1 Å². The van der Waals surface area contributed by atoms with E-state index < -0.39 is 28.5 Å². The molecular formula is C20H15Cl3N2O6S. The van der Waals surface area contributed by atoms with Crippen LogP contribution >= 0.6 is 34.8 Å². The standard InChI is InChI=1S/C20H15Cl3N2O6S/c21-13-4-6-15(22)17(9-13)25-32(28,29)18-8-12(3-5-16(18)23)20(27)31-11-19(26)24-10-14-2-1-7-30-14/h1-9,25H,10-11H2,(H,24,26). The van der Waals surface area contributed by atoms with Crippen LogP contribution in [0.5, 0.6) is 0 Å². The number of amides is 1. The molecule has 0 bridgehead atoms. The average Bonchev–Trinajstić information content (AvgIpc) is 3.27. The Kier molecular flexibility index (Phi) is 7.68. The van der Waals surface area contributed by atoms with Crippen LogP contribution < -0.4 is 10.0 Å². The number of halogens is 3. The van der Waals surface area contributed by atoms with Crippen molar-refractivity contribution in [1.82, 2.24) is 5.32 Å². The number of esters is 1. The van der Waals surface area contributed by atoms with E-state index in [0.717, 1.165) is 6.07 Å². The van der Waals surface area contributed by atoms with Crippen molar-refractivity contribution in [2.75, 3.05) is 11.3 Å². The van der Waals surface area contributed by atoms with E-state index in [4.69, 9.17) is 44.0 Å². The number of hydrogen-bond donors (Lipinski definition) is 2. The highest BCUT2D eigenvalue weighted by molar-refractivity contribution is 7.92. The number of furan rings is 1. The van der Waals surface area contributed by atoms with E-state index in [1.165, 1.54) is 36.6 Å². The smallest absolute Gasteiger partial charge is 0.338 e. The predicted octanol–water partition coefficient (Wildman–Crippen LogP) is 4.51. The van der Waals surface area contributed by atoms with Gasteiger partial charge in [-0.2, -0.15) is 0 Å². The lowest BCUT2D eigenvalue weighted by Gasteiger charge is -2.12. The van der Waals surface area contributed by atoms with Crippen LogP contribution in [-0.4, -0.2) is 26.9 Å². The summed E-state index contributed by atoms with van der Waals surface area (Å²) in [5, 5.41) is 2.76. The van der Waals surface area contributed by atoms with Gasteiger partial charge < -0.3 is 14.5 Å². The van der Waals surface area contributed by atoms with Gasteiger partial charge in [-0.15, -0.1) is 0 Å². The summed E-state index contributed by atoms with van der Waals surface area (Å²) in [5.41, 5.74) is -0.0813. The molecule has 0 saturated heterocycles. The molecule has 0 aliphatic heterocycles. The number of rotatable bonds is 8. The van der Waals surface area contributed by atoms with Crippen molar-refractivity contribution in [2.24, 2.45) is 0 Å². The summed E-state index contributed by atoms with van der Waals surface area (Å²) in [4.78, 5) is 23.8. The van der Waals surface area contributed by atoms with Crippen molar-refractivity contribution in [2.45, 2.75) is 11.4 Å². The molecule has 0 fully saturated rings. The minimum atomic E-state index is -4.23. The molecule has 32 heavy (non-hydrogen) atoms. The Balaban J connectivity index is 1.69. The Morgan fingerprint density at radius 2 is 1.75 bits per heavy atom. The van der Waals surface area contributed by atoms with Crippen LogP contribution in [0.25, 0.3) is 0 Å². The van der Waals surface area contributed by atoms with Crippen molar-refractivity contribution >= 4 is 62.4 Å². The summed E-state index contributed by atoms with van der Waals surface area (Å²) in [6, 6.07) is 11.1. The zero-order valence-corrected chi connectivity index (χ0v) is 19.2. The molecule has 0 radical (unpaired) electrons. The number of hydrogen-bond acceptors (Lipinski definition) is 6. The first-order chi connectivity index (χ1) is 15.2. The summed E-state index contributed by atoms with van der Waals surface area (Å²) in [6.07, 6.45) is 1.46. The maximum Gasteiger partial charge on any atom is 0.338 e. The van der Waals surface area contributed by atoms with Gasteiger partial charge in [-0.25, -0.2) is 13.2 Å². The van der Waals surface area contributed by atoms with Gasteiger partial charge in [0.25, 0.3) is 15.9 Å². The molecule has 0 spiro atoms. The molecule has 3 aromatic rings. The maximum absolute atomic E-state index is 12.8. The second-order valence-electron chi connectivity index (χ2n) is 6.31. The molecule has 0 aliphatic rings. The highest BCUT2D eigenvalue weighted by Crippen LogP contribution is 2.30. The highest BCUT2D eigenvalue weighted by Gasteiger charge is 2.22. The first-order valence-electron chi connectivity index (χ1n) is 8.89. The zero-order chi connectivity index (χ0) is 23.3. The van der Waals surface area contributed by atoms with E-state index in [9.17, 15) is 18.0 Å². The van der Waals surface area contributed by atoms with Crippen LogP contribution in [0.15, 0.2) is 64.1 Å². The lowest BCUT2D eigenvalue weighted by atomic mass is 10.2. The molecule has 12 heteroatoms. The van der Waals surface area contributed by atoms with Crippen LogP contribution in [0.2, 0.25) is 15.1 Å². The lowest BCUT2D eigenvalue weighted by Crippen LogP contribution is -2.28. The molecule has 0 atom stereocenters. The van der Waals surface area contributed by atoms with Crippen molar-refractivity contribution in [1.29, 1.82) is 0 Å². The van der Waals surface area contributed by atoms with Gasteiger partial charge in [-0.05, 0) is 48.5 Å². The Morgan fingerprint density at radius 3 is 2.47 bits per heavy atom. The largest absolute Gasteiger partial charge is 0.467 e. The summed E-state index contributed by atoms with van der Waals surface area (Å²) in [7, 11) is -4.23. The van der Waals surface area contributed by atoms with Gasteiger partial charge in [0.05, 0.1) is 34.1 Å². The summed E-state index contributed by atoms with van der Waals surface area (Å²) < 4.78 is 37.9. The normalized spacial score (nSPS) is 11.1. The maximum atomic E-state index is 12.8. The lowest BCUT2D eigenvalue weighted by molar-refractivity contribution is -0.124. The van der Waals surface area contributed by atoms with Crippen molar-refractivity contribution < 1.29 is 27.2 Å². The molecule has 0 aliphatic carbocycles. The Hall–Kier alpha value is -2.72. The molecular weight excluding hydrogens is 503 g/mol. The van der Waals surface area contributed by atoms with E-state index in [2.05, 4.69) is 10.0 Å². The number of ether oxygens (including phenoxy) is 1. The molecule has 1 amide bonds. The fourth-order valence-electron chi connectivity index (χ4n) is 2.48. The van der Waals surface area contributed by atoms with Gasteiger partial charge in [0.15, 0.2) is 6.61 Å². The number of nitrogens with one attached hydrogen (secondary N) is 2. The van der Waals surface area contributed by atoms with Crippen molar-refractivity contribution in [3.05, 3.63) is 81.2 Å². The second kappa shape index (κ2) is 10.3. The zero-order valence-electron chi connectivity index (χ0n) is 16.1. The van der Waals surface area contributed by atoms with E-state index in [-0.39, 0.29) is 37.8 Å². The molecule has 168 valence electrons. The van der Waals surface area contributed by atoms with Crippen LogP contribution in [0.3, 0.4) is 0 Å². The third-order valence-electron chi connectivity index (χ3n) is 4.00. The van der Waals surface area contributed by atoms with Gasteiger partial charge in [-0.3, -0.25) is 9.52 Å². The Labute approximate surface area is 198 Å². The van der Waals surface area contributed by atoms with Crippen LogP contribution in [-0.2, 0) is 26.1 Å². The topological polar surface area (TPSA) is 115 Å². The third-order valence-corrected chi connectivity index (χ3v) is 6.42. The summed E-state index contributed by atoms with van der Waals surface area (Å²) in [5.74, 6) is -0.939. The Morgan fingerprint density at radius 1 is 1.00 bits per heavy atom. The SMILES string of the molecule is O=C(COC(=O)c1ccc(Cl)c(S(=O)(=O)Nc2cc(Cl)ccc2Cl)c1)NCc1ccco1. The Bertz CT molecular complexity index is 1250. The minimum absolute atomic E-state index is 0.0384. The fourth-order valence-corrected chi connectivity index (χ4v) is 4.47.